The molecule has 6 nitrogen and oxygen atoms in total. The van der Waals surface area contributed by atoms with Crippen LogP contribution in [0.1, 0.15) is 0 Å². The van der Waals surface area contributed by atoms with Crippen molar-refractivity contribution in [2.75, 3.05) is 25.1 Å². The van der Waals surface area contributed by atoms with Gasteiger partial charge in [-0.05, 0) is 18.2 Å². The highest BCUT2D eigenvalue weighted by Gasteiger charge is 2.29. The minimum Gasteiger partial charge on any atom is -0.394 e. The van der Waals surface area contributed by atoms with Crippen molar-refractivity contribution in [3.05, 3.63) is 29.3 Å². The Labute approximate surface area is 109 Å². The van der Waals surface area contributed by atoms with E-state index >= 15 is 0 Å². The first kappa shape index (κ1) is 14.7. The monoisotopic (exact) mass is 274 g/mol. The molecule has 1 aromatic rings. The third kappa shape index (κ3) is 3.85. The molecule has 0 aromatic heterocycles. The van der Waals surface area contributed by atoms with Gasteiger partial charge in [0.15, 0.2) is 0 Å². The molecule has 0 aliphatic rings. The average molecular weight is 275 g/mol. The summed E-state index contributed by atoms with van der Waals surface area (Å²) in [6, 6.07) is 5.83. The third-order valence-corrected chi connectivity index (χ3v) is 2.60. The lowest BCUT2D eigenvalue weighted by Crippen LogP contribution is -2.58. The number of carbonyl (C=O) groups excluding carboxylic acids is 1. The molecule has 18 heavy (non-hydrogen) atoms. The van der Waals surface area contributed by atoms with Crippen LogP contribution in [-0.4, -0.2) is 46.7 Å². The predicted molar refractivity (Wildman–Crippen MR) is 67.6 cm³/mol. The molecule has 0 saturated heterocycles. The summed E-state index contributed by atoms with van der Waals surface area (Å²) in [5.41, 5.74) is -0.995. The number of hydrogen-bond donors (Lipinski definition) is 5. The first-order chi connectivity index (χ1) is 8.55. The lowest BCUT2D eigenvalue weighted by atomic mass is 10.0. The summed E-state index contributed by atoms with van der Waals surface area (Å²) < 4.78 is 0. The van der Waals surface area contributed by atoms with Crippen molar-refractivity contribution in [2.45, 2.75) is 5.54 Å². The molecule has 1 rings (SSSR count). The van der Waals surface area contributed by atoms with Gasteiger partial charge >= 0.3 is 6.03 Å². The zero-order valence-corrected chi connectivity index (χ0v) is 10.3. The van der Waals surface area contributed by atoms with E-state index in [-0.39, 0.29) is 0 Å². The van der Waals surface area contributed by atoms with Crippen LogP contribution in [0.4, 0.5) is 10.5 Å². The summed E-state index contributed by atoms with van der Waals surface area (Å²) in [5.74, 6) is 0. The van der Waals surface area contributed by atoms with E-state index in [4.69, 9.17) is 26.9 Å². The Kier molecular flexibility index (Phi) is 5.36. The van der Waals surface area contributed by atoms with E-state index < -0.39 is 31.4 Å². The fraction of sp³-hybridized carbons (Fsp3) is 0.364. The fourth-order valence-electron chi connectivity index (χ4n) is 1.24. The Bertz CT molecular complexity index is 402. The molecule has 0 fully saturated rings. The highest BCUT2D eigenvalue weighted by Crippen LogP contribution is 2.15. The Morgan fingerprint density at radius 1 is 1.22 bits per heavy atom. The number of aliphatic hydroxyl groups excluding tert-OH is 3. The molecular weight excluding hydrogens is 260 g/mol. The number of nitrogens with one attached hydrogen (secondary N) is 2. The van der Waals surface area contributed by atoms with Crippen molar-refractivity contribution in [3.8, 4) is 0 Å². The number of urea groups is 1. The standard InChI is InChI=1S/C11H15ClN2O4/c12-8-2-1-3-9(4-8)13-10(18)14-11(5-15,6-16)7-17/h1-4,15-17H,5-7H2,(H2,13,14,18). The number of benzene rings is 1. The van der Waals surface area contributed by atoms with Gasteiger partial charge in [0.05, 0.1) is 19.8 Å². The van der Waals surface area contributed by atoms with E-state index in [2.05, 4.69) is 10.6 Å². The van der Waals surface area contributed by atoms with Crippen molar-refractivity contribution < 1.29 is 20.1 Å². The lowest BCUT2D eigenvalue weighted by molar-refractivity contribution is 0.0507. The van der Waals surface area contributed by atoms with E-state index in [1.807, 2.05) is 0 Å². The number of halogens is 1. The van der Waals surface area contributed by atoms with Gasteiger partial charge in [0.25, 0.3) is 0 Å². The number of carbonyl (C=O) groups is 1. The molecule has 2 amide bonds. The maximum atomic E-state index is 11.6. The van der Waals surface area contributed by atoms with Gasteiger partial charge in [-0.1, -0.05) is 17.7 Å². The maximum absolute atomic E-state index is 11.6. The van der Waals surface area contributed by atoms with E-state index in [9.17, 15) is 4.79 Å². The largest absolute Gasteiger partial charge is 0.394 e. The van der Waals surface area contributed by atoms with Crippen molar-refractivity contribution in [1.82, 2.24) is 5.32 Å². The smallest absolute Gasteiger partial charge is 0.319 e. The minimum atomic E-state index is -1.46. The molecule has 100 valence electrons. The zero-order chi connectivity index (χ0) is 13.6. The summed E-state index contributed by atoms with van der Waals surface area (Å²) >= 11 is 5.75. The van der Waals surface area contributed by atoms with Crippen LogP contribution in [0.25, 0.3) is 0 Å². The van der Waals surface area contributed by atoms with Crippen LogP contribution in [0.15, 0.2) is 24.3 Å². The van der Waals surface area contributed by atoms with Gasteiger partial charge in [-0.15, -0.1) is 0 Å². The van der Waals surface area contributed by atoms with Crippen LogP contribution in [-0.2, 0) is 0 Å². The molecule has 1 aromatic carbocycles. The summed E-state index contributed by atoms with van der Waals surface area (Å²) in [6.45, 7) is -1.74. The Morgan fingerprint density at radius 3 is 2.33 bits per heavy atom. The van der Waals surface area contributed by atoms with Gasteiger partial charge in [-0.2, -0.15) is 0 Å². The summed E-state index contributed by atoms with van der Waals surface area (Å²) in [4.78, 5) is 11.6. The normalized spacial score (nSPS) is 11.1. The second kappa shape index (κ2) is 6.55. The first-order valence-electron chi connectivity index (χ1n) is 5.22. The Morgan fingerprint density at radius 2 is 1.83 bits per heavy atom. The predicted octanol–water partition coefficient (Wildman–Crippen LogP) is 0.177. The summed E-state index contributed by atoms with van der Waals surface area (Å²) in [6.07, 6.45) is 0. The third-order valence-electron chi connectivity index (χ3n) is 2.37. The first-order valence-corrected chi connectivity index (χ1v) is 5.60. The van der Waals surface area contributed by atoms with Crippen LogP contribution in [0.2, 0.25) is 5.02 Å². The van der Waals surface area contributed by atoms with Crippen LogP contribution < -0.4 is 10.6 Å². The number of anilines is 1. The number of hydrogen-bond acceptors (Lipinski definition) is 4. The molecule has 0 spiro atoms. The highest BCUT2D eigenvalue weighted by molar-refractivity contribution is 6.30. The summed E-state index contributed by atoms with van der Waals surface area (Å²) in [7, 11) is 0. The van der Waals surface area contributed by atoms with Crippen LogP contribution in [0.5, 0.6) is 0 Å². The van der Waals surface area contributed by atoms with E-state index in [0.29, 0.717) is 10.7 Å². The molecule has 0 atom stereocenters. The summed E-state index contributed by atoms with van der Waals surface area (Å²) in [5, 5.41) is 32.4. The van der Waals surface area contributed by atoms with Crippen LogP contribution >= 0.6 is 11.6 Å². The molecule has 0 aliphatic heterocycles. The minimum absolute atomic E-state index is 0.461. The van der Waals surface area contributed by atoms with Gasteiger partial charge in [-0.3, -0.25) is 0 Å². The van der Waals surface area contributed by atoms with Crippen molar-refractivity contribution >= 4 is 23.3 Å². The van der Waals surface area contributed by atoms with Crippen LogP contribution in [0.3, 0.4) is 0 Å². The fourth-order valence-corrected chi connectivity index (χ4v) is 1.43. The molecule has 7 heteroatoms. The van der Waals surface area contributed by atoms with Crippen molar-refractivity contribution in [2.24, 2.45) is 0 Å². The van der Waals surface area contributed by atoms with Gasteiger partial charge in [-0.25, -0.2) is 4.79 Å². The van der Waals surface area contributed by atoms with Gasteiger partial charge in [0.1, 0.15) is 5.54 Å². The second-order valence-corrected chi connectivity index (χ2v) is 4.28. The molecule has 0 unspecified atom stereocenters. The number of rotatable bonds is 5. The van der Waals surface area contributed by atoms with Gasteiger partial charge in [0, 0.05) is 10.7 Å². The zero-order valence-electron chi connectivity index (χ0n) is 9.56. The molecule has 0 bridgehead atoms. The maximum Gasteiger partial charge on any atom is 0.319 e. The molecular formula is C11H15ClN2O4. The van der Waals surface area contributed by atoms with Crippen LogP contribution in [0, 0.1) is 0 Å². The molecule has 0 radical (unpaired) electrons. The number of amides is 2. The topological polar surface area (TPSA) is 102 Å². The molecule has 0 aliphatic carbocycles. The van der Waals surface area contributed by atoms with E-state index in [0.717, 1.165) is 0 Å². The molecule has 0 heterocycles. The molecule has 0 saturated carbocycles. The SMILES string of the molecule is O=C(Nc1cccc(Cl)c1)NC(CO)(CO)CO. The van der Waals surface area contributed by atoms with E-state index in [1.165, 1.54) is 0 Å². The Hall–Kier alpha value is -1.34. The highest BCUT2D eigenvalue weighted by atomic mass is 35.5. The Balaban J connectivity index is 2.66. The molecule has 5 N–H and O–H groups in total. The van der Waals surface area contributed by atoms with Gasteiger partial charge < -0.3 is 26.0 Å². The van der Waals surface area contributed by atoms with Gasteiger partial charge in [0.2, 0.25) is 0 Å². The number of aliphatic hydroxyl groups is 3. The van der Waals surface area contributed by atoms with Crippen molar-refractivity contribution in [1.29, 1.82) is 0 Å². The quantitative estimate of drug-likeness (QED) is 0.528. The average Bonchev–Trinajstić information content (AvgIpc) is 2.36. The lowest BCUT2D eigenvalue weighted by Gasteiger charge is -2.28. The van der Waals surface area contributed by atoms with E-state index in [1.54, 1.807) is 24.3 Å². The van der Waals surface area contributed by atoms with Crippen molar-refractivity contribution in [3.63, 3.8) is 0 Å². The second-order valence-electron chi connectivity index (χ2n) is 3.84.